The second-order valence-electron chi connectivity index (χ2n) is 11.3. The minimum Gasteiger partial charge on any atom is -0.463 e. The molecule has 3 amide bonds. The van der Waals surface area contributed by atoms with Crippen LogP contribution in [0.15, 0.2) is 86.0 Å². The Labute approximate surface area is 272 Å². The van der Waals surface area contributed by atoms with Crippen LogP contribution >= 0.6 is 0 Å². The van der Waals surface area contributed by atoms with Crippen LogP contribution < -0.4 is 16.0 Å². The molecule has 10 heteroatoms. The van der Waals surface area contributed by atoms with E-state index in [1.54, 1.807) is 19.1 Å². The average molecular weight is 636 g/mol. The predicted molar refractivity (Wildman–Crippen MR) is 177 cm³/mol. The average Bonchev–Trinajstić information content (AvgIpc) is 3.06. The van der Waals surface area contributed by atoms with Gasteiger partial charge in [-0.15, -0.1) is 13.2 Å². The van der Waals surface area contributed by atoms with Crippen molar-refractivity contribution in [3.63, 3.8) is 0 Å². The van der Waals surface area contributed by atoms with Gasteiger partial charge in [0.2, 0.25) is 11.8 Å². The summed E-state index contributed by atoms with van der Waals surface area (Å²) in [6, 6.07) is 18.1. The number of unbranched alkanes of at least 4 members (excludes halogenated alkanes) is 1. The lowest BCUT2D eigenvalue weighted by Crippen LogP contribution is -2.44. The number of aliphatic hydroxyl groups excluding tert-OH is 1. The maximum Gasteiger partial charge on any atom is 0.407 e. The SMILES string of the molecule is C=CC[C@H](CC(=O)N[C@H](C)CO)C(=O)N[C@@H](CCCCNC(=O)OCc1ccccc1)COC(=O)[C@@H](CC=C)Cc1ccccc1. The zero-order valence-electron chi connectivity index (χ0n) is 26.8. The van der Waals surface area contributed by atoms with Crippen molar-refractivity contribution in [3.8, 4) is 0 Å². The van der Waals surface area contributed by atoms with Crippen LogP contribution in [0.5, 0.6) is 0 Å². The Balaban J connectivity index is 1.98. The summed E-state index contributed by atoms with van der Waals surface area (Å²) in [4.78, 5) is 51.0. The lowest BCUT2D eigenvalue weighted by Gasteiger charge is -2.24. The van der Waals surface area contributed by atoms with Crippen molar-refractivity contribution in [3.05, 3.63) is 97.1 Å². The van der Waals surface area contributed by atoms with Crippen molar-refractivity contribution in [2.45, 2.75) is 70.6 Å². The number of carbonyl (C=O) groups excluding carboxylic acids is 4. The molecule has 46 heavy (non-hydrogen) atoms. The molecule has 0 heterocycles. The summed E-state index contributed by atoms with van der Waals surface area (Å²) in [7, 11) is 0. The lowest BCUT2D eigenvalue weighted by atomic mass is 9.96. The van der Waals surface area contributed by atoms with E-state index in [2.05, 4.69) is 29.1 Å². The van der Waals surface area contributed by atoms with Gasteiger partial charge in [0.1, 0.15) is 13.2 Å². The molecule has 0 aromatic heterocycles. The van der Waals surface area contributed by atoms with Crippen molar-refractivity contribution in [2.24, 2.45) is 11.8 Å². The van der Waals surface area contributed by atoms with E-state index in [1.807, 2.05) is 60.7 Å². The van der Waals surface area contributed by atoms with E-state index in [4.69, 9.17) is 9.47 Å². The first kappa shape index (κ1) is 37.7. The molecular weight excluding hydrogens is 586 g/mol. The van der Waals surface area contributed by atoms with Gasteiger partial charge in [-0.1, -0.05) is 72.8 Å². The molecule has 4 atom stereocenters. The van der Waals surface area contributed by atoms with E-state index in [0.717, 1.165) is 11.1 Å². The summed E-state index contributed by atoms with van der Waals surface area (Å²) in [5, 5.41) is 17.6. The number of alkyl carbamates (subject to hydrolysis) is 1. The van der Waals surface area contributed by atoms with Crippen LogP contribution in [0.2, 0.25) is 0 Å². The Morgan fingerprint density at radius 3 is 2.11 bits per heavy atom. The molecule has 0 bridgehead atoms. The summed E-state index contributed by atoms with van der Waals surface area (Å²) in [5.74, 6) is -2.21. The number of hydrogen-bond acceptors (Lipinski definition) is 7. The highest BCUT2D eigenvalue weighted by Gasteiger charge is 2.26. The minimum absolute atomic E-state index is 0.0475. The molecule has 0 aliphatic heterocycles. The standard InChI is InChI=1S/C36H49N3O7/c1-4-14-30(23-33(41)38-27(3)24-40)34(42)39-32(20-12-13-21-37-36(44)46-25-29-18-10-7-11-19-29)26-45-35(43)31(15-5-2)22-28-16-8-6-9-17-28/h4-11,16-19,27,30-32,40H,1-2,12-15,20-26H2,3H3,(H,37,44)(H,38,41)(H,39,42)/t27-,30-,31+,32+/m1/s1. The Morgan fingerprint density at radius 1 is 0.848 bits per heavy atom. The Kier molecular flexibility index (Phi) is 18.2. The Bertz CT molecular complexity index is 1220. The van der Waals surface area contributed by atoms with Crippen LogP contribution in [0, 0.1) is 11.8 Å². The second-order valence-corrected chi connectivity index (χ2v) is 11.3. The molecule has 0 saturated heterocycles. The first-order valence-electron chi connectivity index (χ1n) is 15.8. The van der Waals surface area contributed by atoms with Crippen LogP contribution in [0.1, 0.15) is 56.6 Å². The summed E-state index contributed by atoms with van der Waals surface area (Å²) in [6.07, 6.45) is 5.57. The number of hydrogen-bond donors (Lipinski definition) is 4. The molecular formula is C36H49N3O7. The van der Waals surface area contributed by atoms with Gasteiger partial charge in [-0.2, -0.15) is 0 Å². The molecule has 4 N–H and O–H groups in total. The molecule has 10 nitrogen and oxygen atoms in total. The summed E-state index contributed by atoms with van der Waals surface area (Å²) in [6.45, 7) is 9.45. The molecule has 0 saturated carbocycles. The molecule has 250 valence electrons. The summed E-state index contributed by atoms with van der Waals surface area (Å²) >= 11 is 0. The quantitative estimate of drug-likeness (QED) is 0.0840. The van der Waals surface area contributed by atoms with E-state index in [9.17, 15) is 24.3 Å². The lowest BCUT2D eigenvalue weighted by molar-refractivity contribution is -0.150. The van der Waals surface area contributed by atoms with E-state index in [0.29, 0.717) is 38.6 Å². The monoisotopic (exact) mass is 635 g/mol. The molecule has 0 aliphatic rings. The van der Waals surface area contributed by atoms with Gasteiger partial charge in [0.25, 0.3) is 0 Å². The van der Waals surface area contributed by atoms with Crippen LogP contribution in [0.4, 0.5) is 4.79 Å². The highest BCUT2D eigenvalue weighted by atomic mass is 16.5. The molecule has 0 unspecified atom stereocenters. The fourth-order valence-electron chi connectivity index (χ4n) is 4.75. The fraction of sp³-hybridized carbons (Fsp3) is 0.444. The van der Waals surface area contributed by atoms with Crippen molar-refractivity contribution in [1.82, 2.24) is 16.0 Å². The molecule has 2 rings (SSSR count). The van der Waals surface area contributed by atoms with Gasteiger partial charge in [-0.25, -0.2) is 4.79 Å². The normalized spacial score (nSPS) is 13.3. The van der Waals surface area contributed by atoms with E-state index in [1.165, 1.54) is 0 Å². The molecule has 2 aromatic carbocycles. The Morgan fingerprint density at radius 2 is 1.48 bits per heavy atom. The number of nitrogens with one attached hydrogen (secondary N) is 3. The zero-order valence-corrected chi connectivity index (χ0v) is 26.8. The van der Waals surface area contributed by atoms with Gasteiger partial charge in [0.15, 0.2) is 0 Å². The number of allylic oxidation sites excluding steroid dienone is 2. The number of rotatable bonds is 22. The zero-order chi connectivity index (χ0) is 33.6. The van der Waals surface area contributed by atoms with Crippen LogP contribution in [-0.4, -0.2) is 60.8 Å². The van der Waals surface area contributed by atoms with Crippen molar-refractivity contribution >= 4 is 23.9 Å². The molecule has 0 radical (unpaired) electrons. The fourth-order valence-corrected chi connectivity index (χ4v) is 4.75. The third-order valence-electron chi connectivity index (χ3n) is 7.28. The first-order valence-corrected chi connectivity index (χ1v) is 15.8. The largest absolute Gasteiger partial charge is 0.463 e. The van der Waals surface area contributed by atoms with Crippen LogP contribution in [0.25, 0.3) is 0 Å². The van der Waals surface area contributed by atoms with Crippen molar-refractivity contribution < 1.29 is 33.8 Å². The van der Waals surface area contributed by atoms with E-state index >= 15 is 0 Å². The number of carbonyl (C=O) groups is 4. The first-order chi connectivity index (χ1) is 22.2. The second kappa shape index (κ2) is 22.1. The van der Waals surface area contributed by atoms with Gasteiger partial charge in [-0.05, 0) is 56.6 Å². The number of ether oxygens (including phenoxy) is 2. The minimum atomic E-state index is -0.686. The van der Waals surface area contributed by atoms with Gasteiger partial charge >= 0.3 is 12.1 Å². The highest BCUT2D eigenvalue weighted by Crippen LogP contribution is 2.16. The number of benzene rings is 2. The predicted octanol–water partition coefficient (Wildman–Crippen LogP) is 4.63. The van der Waals surface area contributed by atoms with E-state index in [-0.39, 0.29) is 50.4 Å². The highest BCUT2D eigenvalue weighted by molar-refractivity contribution is 5.86. The van der Waals surface area contributed by atoms with Gasteiger partial charge in [0.05, 0.1) is 24.5 Å². The third-order valence-corrected chi connectivity index (χ3v) is 7.28. The molecule has 0 spiro atoms. The molecule has 0 aliphatic carbocycles. The third kappa shape index (κ3) is 15.5. The van der Waals surface area contributed by atoms with Gasteiger partial charge in [0, 0.05) is 19.0 Å². The van der Waals surface area contributed by atoms with E-state index < -0.39 is 30.0 Å². The van der Waals surface area contributed by atoms with Crippen LogP contribution in [-0.2, 0) is 36.9 Å². The number of esters is 1. The maximum absolute atomic E-state index is 13.3. The van der Waals surface area contributed by atoms with Crippen molar-refractivity contribution in [2.75, 3.05) is 19.8 Å². The number of amides is 3. The van der Waals surface area contributed by atoms with Gasteiger partial charge < -0.3 is 30.5 Å². The summed E-state index contributed by atoms with van der Waals surface area (Å²) in [5.41, 5.74) is 1.90. The van der Waals surface area contributed by atoms with Gasteiger partial charge in [-0.3, -0.25) is 14.4 Å². The van der Waals surface area contributed by atoms with Crippen LogP contribution in [0.3, 0.4) is 0 Å². The molecule has 2 aromatic rings. The Hall–Kier alpha value is -4.44. The number of aliphatic hydroxyl groups is 1. The summed E-state index contributed by atoms with van der Waals surface area (Å²) < 4.78 is 11.0. The maximum atomic E-state index is 13.3. The van der Waals surface area contributed by atoms with Crippen molar-refractivity contribution in [1.29, 1.82) is 0 Å². The topological polar surface area (TPSA) is 143 Å². The smallest absolute Gasteiger partial charge is 0.407 e. The molecule has 0 fully saturated rings.